The van der Waals surface area contributed by atoms with Crippen molar-refractivity contribution in [1.29, 1.82) is 0 Å². The molecule has 0 atom stereocenters. The van der Waals surface area contributed by atoms with Gasteiger partial charge in [0.25, 0.3) is 0 Å². The number of rotatable bonds is 3. The molecule has 0 radical (unpaired) electrons. The van der Waals surface area contributed by atoms with E-state index in [4.69, 9.17) is 5.11 Å². The van der Waals surface area contributed by atoms with E-state index in [9.17, 15) is 9.59 Å². The van der Waals surface area contributed by atoms with Crippen molar-refractivity contribution in [2.24, 2.45) is 0 Å². The van der Waals surface area contributed by atoms with Crippen LogP contribution in [0.2, 0.25) is 0 Å². The molecule has 0 aliphatic heterocycles. The lowest BCUT2D eigenvalue weighted by atomic mass is 10.1. The van der Waals surface area contributed by atoms with Crippen LogP contribution in [0.15, 0.2) is 23.1 Å². The Morgan fingerprint density at radius 3 is 2.33 bits per heavy atom. The summed E-state index contributed by atoms with van der Waals surface area (Å²) >= 11 is 1.37. The predicted octanol–water partition coefficient (Wildman–Crippen LogP) is 1.89. The molecule has 1 aromatic rings. The number of carbonyl (C=O) groups excluding carboxylic acids is 1. The van der Waals surface area contributed by atoms with E-state index in [1.54, 1.807) is 6.07 Å². The zero-order chi connectivity index (χ0) is 11.4. The number of hydrogen-bond donors (Lipinski definition) is 1. The number of aromatic carboxylic acids is 1. The van der Waals surface area contributed by atoms with Gasteiger partial charge in [0.15, 0.2) is 0 Å². The molecule has 0 bridgehead atoms. The van der Waals surface area contributed by atoms with Crippen molar-refractivity contribution in [3.8, 4) is 0 Å². The fourth-order valence-corrected chi connectivity index (χ4v) is 1.57. The predicted molar refractivity (Wildman–Crippen MR) is 56.5 cm³/mol. The SMILES string of the molecule is COC(=O)c1cc(SC)cc(C(=O)O)c1. The maximum Gasteiger partial charge on any atom is 0.337 e. The van der Waals surface area contributed by atoms with Gasteiger partial charge >= 0.3 is 11.9 Å². The number of carboxylic acids is 1. The second-order valence-electron chi connectivity index (χ2n) is 2.75. The van der Waals surface area contributed by atoms with Crippen LogP contribution in [0.25, 0.3) is 0 Å². The van der Waals surface area contributed by atoms with Gasteiger partial charge in [-0.3, -0.25) is 0 Å². The van der Waals surface area contributed by atoms with Gasteiger partial charge in [-0.1, -0.05) is 0 Å². The van der Waals surface area contributed by atoms with Crippen LogP contribution in [0.3, 0.4) is 0 Å². The van der Waals surface area contributed by atoms with Gasteiger partial charge in [0.1, 0.15) is 0 Å². The van der Waals surface area contributed by atoms with Crippen LogP contribution in [0.4, 0.5) is 0 Å². The third kappa shape index (κ3) is 2.73. The molecule has 1 rings (SSSR count). The Kier molecular flexibility index (Phi) is 3.74. The van der Waals surface area contributed by atoms with Crippen LogP contribution >= 0.6 is 11.8 Å². The van der Waals surface area contributed by atoms with Gasteiger partial charge in [0, 0.05) is 4.90 Å². The molecule has 4 nitrogen and oxygen atoms in total. The van der Waals surface area contributed by atoms with Crippen LogP contribution in [0.5, 0.6) is 0 Å². The highest BCUT2D eigenvalue weighted by atomic mass is 32.2. The van der Waals surface area contributed by atoms with E-state index < -0.39 is 11.9 Å². The maximum atomic E-state index is 11.2. The fraction of sp³-hybridized carbons (Fsp3) is 0.200. The Labute approximate surface area is 91.2 Å². The highest BCUT2D eigenvalue weighted by molar-refractivity contribution is 7.98. The number of methoxy groups -OCH3 is 1. The molecule has 1 N–H and O–H groups in total. The van der Waals surface area contributed by atoms with E-state index in [0.29, 0.717) is 0 Å². The average molecular weight is 226 g/mol. The average Bonchev–Trinajstić information content (AvgIpc) is 2.27. The number of benzene rings is 1. The van der Waals surface area contributed by atoms with Crippen molar-refractivity contribution in [2.75, 3.05) is 13.4 Å². The van der Waals surface area contributed by atoms with Gasteiger partial charge < -0.3 is 9.84 Å². The van der Waals surface area contributed by atoms with E-state index in [1.165, 1.54) is 31.0 Å². The standard InChI is InChI=1S/C10H10O4S/c1-14-10(13)7-3-6(9(11)12)4-8(5-7)15-2/h3-5H,1-2H3,(H,11,12). The number of esters is 1. The Morgan fingerprint density at radius 1 is 1.27 bits per heavy atom. The van der Waals surface area contributed by atoms with Gasteiger partial charge in [-0.2, -0.15) is 0 Å². The quantitative estimate of drug-likeness (QED) is 0.630. The summed E-state index contributed by atoms with van der Waals surface area (Å²) in [5.41, 5.74) is 0.337. The molecular weight excluding hydrogens is 216 g/mol. The molecule has 0 aliphatic carbocycles. The monoisotopic (exact) mass is 226 g/mol. The third-order valence-electron chi connectivity index (χ3n) is 1.81. The molecule has 0 saturated carbocycles. The highest BCUT2D eigenvalue weighted by Crippen LogP contribution is 2.19. The lowest BCUT2D eigenvalue weighted by molar-refractivity contribution is 0.0600. The molecule has 5 heteroatoms. The molecule has 0 unspecified atom stereocenters. The highest BCUT2D eigenvalue weighted by Gasteiger charge is 2.11. The van der Waals surface area contributed by atoms with Crippen molar-refractivity contribution in [1.82, 2.24) is 0 Å². The van der Waals surface area contributed by atoms with Crippen molar-refractivity contribution >= 4 is 23.7 Å². The lowest BCUT2D eigenvalue weighted by Crippen LogP contribution is -2.05. The topological polar surface area (TPSA) is 63.6 Å². The Hall–Kier alpha value is -1.49. The minimum Gasteiger partial charge on any atom is -0.478 e. The molecule has 0 saturated heterocycles. The zero-order valence-corrected chi connectivity index (χ0v) is 9.13. The first kappa shape index (κ1) is 11.6. The summed E-state index contributed by atoms with van der Waals surface area (Å²) in [4.78, 5) is 22.7. The molecular formula is C10H10O4S. The molecule has 0 aliphatic rings. The lowest BCUT2D eigenvalue weighted by Gasteiger charge is -2.04. The molecule has 0 fully saturated rings. The normalized spacial score (nSPS) is 9.73. The smallest absolute Gasteiger partial charge is 0.337 e. The minimum atomic E-state index is -1.06. The van der Waals surface area contributed by atoms with Crippen LogP contribution in [0.1, 0.15) is 20.7 Å². The summed E-state index contributed by atoms with van der Waals surface area (Å²) in [6.45, 7) is 0. The van der Waals surface area contributed by atoms with E-state index in [1.807, 2.05) is 6.26 Å². The summed E-state index contributed by atoms with van der Waals surface area (Å²) in [5.74, 6) is -1.59. The molecule has 0 aromatic heterocycles. The van der Waals surface area contributed by atoms with Gasteiger partial charge in [-0.15, -0.1) is 11.8 Å². The van der Waals surface area contributed by atoms with Gasteiger partial charge in [0.2, 0.25) is 0 Å². The first-order valence-corrected chi connectivity index (χ1v) is 5.31. The molecule has 0 amide bonds. The fourth-order valence-electron chi connectivity index (χ4n) is 1.08. The molecule has 0 spiro atoms. The second-order valence-corrected chi connectivity index (χ2v) is 3.63. The van der Waals surface area contributed by atoms with Gasteiger partial charge in [-0.25, -0.2) is 9.59 Å². The van der Waals surface area contributed by atoms with Crippen molar-refractivity contribution in [3.63, 3.8) is 0 Å². The Balaban J connectivity index is 3.23. The van der Waals surface area contributed by atoms with E-state index in [0.717, 1.165) is 4.90 Å². The molecule has 80 valence electrons. The van der Waals surface area contributed by atoms with E-state index >= 15 is 0 Å². The van der Waals surface area contributed by atoms with Crippen LogP contribution in [-0.2, 0) is 4.74 Å². The number of hydrogen-bond acceptors (Lipinski definition) is 4. The number of thioether (sulfide) groups is 1. The summed E-state index contributed by atoms with van der Waals surface area (Å²) in [6, 6.07) is 4.41. The van der Waals surface area contributed by atoms with Crippen molar-refractivity contribution in [3.05, 3.63) is 29.3 Å². The third-order valence-corrected chi connectivity index (χ3v) is 2.52. The van der Waals surface area contributed by atoms with Crippen molar-refractivity contribution in [2.45, 2.75) is 4.90 Å². The maximum absolute atomic E-state index is 11.2. The van der Waals surface area contributed by atoms with Crippen LogP contribution < -0.4 is 0 Å². The molecule has 1 aromatic carbocycles. The second kappa shape index (κ2) is 4.84. The van der Waals surface area contributed by atoms with Crippen LogP contribution in [0, 0.1) is 0 Å². The summed E-state index contributed by atoms with van der Waals surface area (Å²) in [5, 5.41) is 8.82. The summed E-state index contributed by atoms with van der Waals surface area (Å²) < 4.78 is 4.53. The Morgan fingerprint density at radius 2 is 1.87 bits per heavy atom. The number of carboxylic acid groups (broad SMARTS) is 1. The Bertz CT molecular complexity index is 400. The van der Waals surface area contributed by atoms with Gasteiger partial charge in [0.05, 0.1) is 18.2 Å². The van der Waals surface area contributed by atoms with Crippen LogP contribution in [-0.4, -0.2) is 30.4 Å². The first-order chi connectivity index (χ1) is 7.08. The number of carbonyl (C=O) groups is 2. The van der Waals surface area contributed by atoms with E-state index in [2.05, 4.69) is 4.74 Å². The first-order valence-electron chi connectivity index (χ1n) is 4.09. The summed E-state index contributed by atoms with van der Waals surface area (Å²) in [6.07, 6.45) is 1.81. The number of ether oxygens (including phenoxy) is 1. The summed E-state index contributed by atoms with van der Waals surface area (Å²) in [7, 11) is 1.26. The zero-order valence-electron chi connectivity index (χ0n) is 8.31. The van der Waals surface area contributed by atoms with Crippen molar-refractivity contribution < 1.29 is 19.4 Å². The van der Waals surface area contributed by atoms with Gasteiger partial charge in [-0.05, 0) is 24.5 Å². The minimum absolute atomic E-state index is 0.0854. The van der Waals surface area contributed by atoms with E-state index in [-0.39, 0.29) is 11.1 Å². The molecule has 15 heavy (non-hydrogen) atoms. The molecule has 0 heterocycles. The largest absolute Gasteiger partial charge is 0.478 e.